The van der Waals surface area contributed by atoms with Crippen LogP contribution in [0.25, 0.3) is 0 Å². The zero-order valence-electron chi connectivity index (χ0n) is 10.4. The van der Waals surface area contributed by atoms with Crippen LogP contribution in [0.1, 0.15) is 19.8 Å². The Balaban J connectivity index is 2.26. The molecule has 1 atom stereocenters. The topological polar surface area (TPSA) is 29.5 Å². The van der Waals surface area contributed by atoms with Crippen molar-refractivity contribution in [2.75, 3.05) is 11.4 Å². The number of piperidine rings is 1. The summed E-state index contributed by atoms with van der Waals surface area (Å²) >= 11 is 0. The first-order valence-electron chi connectivity index (χ1n) is 6.00. The molecule has 3 nitrogen and oxygen atoms in total. The average molecular weight is 273 g/mol. The van der Waals surface area contributed by atoms with Gasteiger partial charge in [-0.15, -0.1) is 13.2 Å². The Morgan fingerprint density at radius 2 is 2.00 bits per heavy atom. The van der Waals surface area contributed by atoms with Crippen LogP contribution >= 0.6 is 0 Å². The van der Waals surface area contributed by atoms with E-state index in [0.29, 0.717) is 25.1 Å². The summed E-state index contributed by atoms with van der Waals surface area (Å²) < 4.78 is 41.1. The van der Waals surface area contributed by atoms with E-state index in [9.17, 15) is 18.0 Å². The minimum Gasteiger partial charge on any atom is -0.404 e. The third-order valence-corrected chi connectivity index (χ3v) is 3.09. The molecule has 2 rings (SSSR count). The summed E-state index contributed by atoms with van der Waals surface area (Å²) in [5, 5.41) is 0. The summed E-state index contributed by atoms with van der Waals surface area (Å²) in [5.74, 6) is -0.0887. The molecule has 19 heavy (non-hydrogen) atoms. The maximum atomic E-state index is 12.4. The lowest BCUT2D eigenvalue weighted by atomic mass is 10.0. The van der Waals surface area contributed by atoms with Crippen LogP contribution in [0.2, 0.25) is 0 Å². The van der Waals surface area contributed by atoms with Gasteiger partial charge in [-0.1, -0.05) is 12.1 Å². The molecular formula is C13H14F3NO2. The lowest BCUT2D eigenvalue weighted by molar-refractivity contribution is -0.274. The summed E-state index contributed by atoms with van der Waals surface area (Å²) in [6.45, 7) is 2.24. The number of anilines is 1. The second-order valence-electron chi connectivity index (χ2n) is 4.55. The second kappa shape index (κ2) is 5.11. The Morgan fingerprint density at radius 1 is 1.32 bits per heavy atom. The van der Waals surface area contributed by atoms with Gasteiger partial charge in [-0.05, 0) is 19.1 Å². The van der Waals surface area contributed by atoms with Crippen molar-refractivity contribution in [2.24, 2.45) is 0 Å². The standard InChI is InChI=1S/C13H14F3NO2/c1-9-8-10(18)6-7-17(9)11-4-2-3-5-12(11)19-13(14,15)16/h2-5,9H,6-8H2,1H3. The highest BCUT2D eigenvalue weighted by Gasteiger charge is 2.34. The van der Waals surface area contributed by atoms with Crippen LogP contribution in [0.3, 0.4) is 0 Å². The van der Waals surface area contributed by atoms with Gasteiger partial charge in [0.15, 0.2) is 5.75 Å². The Kier molecular flexibility index (Phi) is 3.68. The number of hydrogen-bond donors (Lipinski definition) is 0. The van der Waals surface area contributed by atoms with E-state index < -0.39 is 6.36 Å². The van der Waals surface area contributed by atoms with Crippen molar-refractivity contribution < 1.29 is 22.7 Å². The van der Waals surface area contributed by atoms with E-state index in [-0.39, 0.29) is 17.6 Å². The molecule has 1 fully saturated rings. The number of alkyl halides is 3. The van der Waals surface area contributed by atoms with E-state index in [0.717, 1.165) is 0 Å². The molecule has 0 radical (unpaired) electrons. The lowest BCUT2D eigenvalue weighted by Crippen LogP contribution is -2.41. The van der Waals surface area contributed by atoms with Crippen molar-refractivity contribution in [3.05, 3.63) is 24.3 Å². The van der Waals surface area contributed by atoms with Gasteiger partial charge in [0.1, 0.15) is 5.78 Å². The number of halogens is 3. The SMILES string of the molecule is CC1CC(=O)CCN1c1ccccc1OC(F)(F)F. The maximum absolute atomic E-state index is 12.4. The lowest BCUT2D eigenvalue weighted by Gasteiger charge is -2.35. The molecule has 0 aromatic heterocycles. The first-order chi connectivity index (χ1) is 8.87. The molecule has 0 N–H and O–H groups in total. The summed E-state index contributed by atoms with van der Waals surface area (Å²) in [6, 6.07) is 5.88. The number of benzene rings is 1. The number of ketones is 1. The second-order valence-corrected chi connectivity index (χ2v) is 4.55. The van der Waals surface area contributed by atoms with Gasteiger partial charge in [0, 0.05) is 25.4 Å². The number of nitrogens with zero attached hydrogens (tertiary/aromatic N) is 1. The zero-order chi connectivity index (χ0) is 14.0. The third kappa shape index (κ3) is 3.39. The molecule has 1 aromatic rings. The first-order valence-corrected chi connectivity index (χ1v) is 6.00. The Labute approximate surface area is 109 Å². The number of rotatable bonds is 2. The van der Waals surface area contributed by atoms with Crippen molar-refractivity contribution in [3.8, 4) is 5.75 Å². The number of carbonyl (C=O) groups excluding carboxylic acids is 1. The molecule has 0 spiro atoms. The molecule has 6 heteroatoms. The molecule has 0 saturated carbocycles. The largest absolute Gasteiger partial charge is 0.573 e. The summed E-state index contributed by atoms with van der Waals surface area (Å²) in [5.41, 5.74) is 0.375. The number of Topliss-reactive ketones (excluding diaryl/α,β-unsaturated/α-hetero) is 1. The molecule has 1 unspecified atom stereocenters. The molecule has 0 bridgehead atoms. The molecule has 0 amide bonds. The van der Waals surface area contributed by atoms with Crippen molar-refractivity contribution in [2.45, 2.75) is 32.2 Å². The van der Waals surface area contributed by atoms with E-state index in [1.807, 2.05) is 6.92 Å². The van der Waals surface area contributed by atoms with Gasteiger partial charge in [-0.3, -0.25) is 4.79 Å². The zero-order valence-corrected chi connectivity index (χ0v) is 10.4. The predicted octanol–water partition coefficient (Wildman–Crippen LogP) is 3.14. The van der Waals surface area contributed by atoms with E-state index in [1.54, 1.807) is 17.0 Å². The van der Waals surface area contributed by atoms with Gasteiger partial charge < -0.3 is 9.64 Å². The summed E-state index contributed by atoms with van der Waals surface area (Å²) in [6.07, 6.45) is -4.02. The highest BCUT2D eigenvalue weighted by atomic mass is 19.4. The Bertz CT molecular complexity index is 473. The summed E-state index contributed by atoms with van der Waals surface area (Å²) in [7, 11) is 0. The van der Waals surface area contributed by atoms with Crippen LogP contribution < -0.4 is 9.64 Å². The Morgan fingerprint density at radius 3 is 2.63 bits per heavy atom. The van der Waals surface area contributed by atoms with E-state index in [2.05, 4.69) is 4.74 Å². The quantitative estimate of drug-likeness (QED) is 0.829. The van der Waals surface area contributed by atoms with Crippen LogP contribution in [0.4, 0.5) is 18.9 Å². The van der Waals surface area contributed by atoms with Gasteiger partial charge in [0.05, 0.1) is 5.69 Å². The highest BCUT2D eigenvalue weighted by Crippen LogP contribution is 2.35. The average Bonchev–Trinajstić information content (AvgIpc) is 2.28. The van der Waals surface area contributed by atoms with E-state index in [1.165, 1.54) is 12.1 Å². The third-order valence-electron chi connectivity index (χ3n) is 3.09. The molecule has 1 aromatic carbocycles. The molecule has 104 valence electrons. The van der Waals surface area contributed by atoms with Crippen molar-refractivity contribution in [1.82, 2.24) is 0 Å². The van der Waals surface area contributed by atoms with Crippen molar-refractivity contribution in [1.29, 1.82) is 0 Å². The molecule has 1 heterocycles. The van der Waals surface area contributed by atoms with Crippen molar-refractivity contribution >= 4 is 11.5 Å². The fourth-order valence-corrected chi connectivity index (χ4v) is 2.27. The van der Waals surface area contributed by atoms with Gasteiger partial charge in [0.2, 0.25) is 0 Å². The number of ether oxygens (including phenoxy) is 1. The van der Waals surface area contributed by atoms with Crippen LogP contribution in [0.5, 0.6) is 5.75 Å². The van der Waals surface area contributed by atoms with Crippen LogP contribution in [0.15, 0.2) is 24.3 Å². The fourth-order valence-electron chi connectivity index (χ4n) is 2.27. The monoisotopic (exact) mass is 273 g/mol. The van der Waals surface area contributed by atoms with Crippen LogP contribution in [-0.2, 0) is 4.79 Å². The molecule has 1 saturated heterocycles. The molecule has 1 aliphatic rings. The predicted molar refractivity (Wildman–Crippen MR) is 64.2 cm³/mol. The first kappa shape index (κ1) is 13.7. The number of carbonyl (C=O) groups is 1. The fraction of sp³-hybridized carbons (Fsp3) is 0.462. The molecule has 0 aliphatic carbocycles. The van der Waals surface area contributed by atoms with Crippen LogP contribution in [0, 0.1) is 0 Å². The Hall–Kier alpha value is -1.72. The number of hydrogen-bond acceptors (Lipinski definition) is 3. The van der Waals surface area contributed by atoms with Gasteiger partial charge in [-0.2, -0.15) is 0 Å². The smallest absolute Gasteiger partial charge is 0.404 e. The van der Waals surface area contributed by atoms with Gasteiger partial charge in [0.25, 0.3) is 0 Å². The van der Waals surface area contributed by atoms with Gasteiger partial charge in [-0.25, -0.2) is 0 Å². The minimum atomic E-state index is -4.72. The highest BCUT2D eigenvalue weighted by molar-refractivity contribution is 5.82. The molecule has 1 aliphatic heterocycles. The maximum Gasteiger partial charge on any atom is 0.573 e. The van der Waals surface area contributed by atoms with E-state index in [4.69, 9.17) is 0 Å². The number of para-hydroxylation sites is 2. The summed E-state index contributed by atoms with van der Waals surface area (Å²) in [4.78, 5) is 13.1. The van der Waals surface area contributed by atoms with Crippen molar-refractivity contribution in [3.63, 3.8) is 0 Å². The van der Waals surface area contributed by atoms with E-state index >= 15 is 0 Å². The van der Waals surface area contributed by atoms with Gasteiger partial charge >= 0.3 is 6.36 Å². The minimum absolute atomic E-state index is 0.126. The van der Waals surface area contributed by atoms with Crippen LogP contribution in [-0.4, -0.2) is 24.7 Å². The molecular weight excluding hydrogens is 259 g/mol. The normalized spacial score (nSPS) is 20.5.